The van der Waals surface area contributed by atoms with Gasteiger partial charge < -0.3 is 5.73 Å². The van der Waals surface area contributed by atoms with E-state index < -0.39 is 17.7 Å². The number of hydrogen-bond acceptors (Lipinski definition) is 1. The first-order valence-corrected chi connectivity index (χ1v) is 7.15. The van der Waals surface area contributed by atoms with Gasteiger partial charge in [-0.25, -0.2) is 8.78 Å². The highest BCUT2D eigenvalue weighted by Gasteiger charge is 2.20. The molecule has 0 saturated heterocycles. The Morgan fingerprint density at radius 3 is 2.21 bits per heavy atom. The fourth-order valence-electron chi connectivity index (χ4n) is 1.86. The van der Waals surface area contributed by atoms with E-state index in [1.807, 2.05) is 13.0 Å². The summed E-state index contributed by atoms with van der Waals surface area (Å²) in [5.74, 6) is -1.29. The van der Waals surface area contributed by atoms with Crippen molar-refractivity contribution in [3.63, 3.8) is 0 Å². The third-order valence-electron chi connectivity index (χ3n) is 2.92. The van der Waals surface area contributed by atoms with Crippen molar-refractivity contribution in [3.8, 4) is 0 Å². The molecule has 100 valence electrons. The molecule has 0 aliphatic heterocycles. The minimum atomic E-state index is -0.868. The summed E-state index contributed by atoms with van der Waals surface area (Å²) in [6, 6.07) is 6.49. The normalized spacial score (nSPS) is 12.5. The van der Waals surface area contributed by atoms with Crippen molar-refractivity contribution in [2.75, 3.05) is 0 Å². The molecular formula is C14H11Br2F2N. The molecule has 0 fully saturated rings. The van der Waals surface area contributed by atoms with E-state index in [9.17, 15) is 8.78 Å². The third kappa shape index (κ3) is 2.88. The number of nitrogens with two attached hydrogens (primary N) is 1. The molecule has 5 heteroatoms. The number of rotatable bonds is 2. The molecule has 2 rings (SSSR count). The molecule has 1 atom stereocenters. The van der Waals surface area contributed by atoms with Crippen molar-refractivity contribution >= 4 is 31.9 Å². The van der Waals surface area contributed by atoms with Crippen molar-refractivity contribution in [2.24, 2.45) is 5.73 Å². The lowest BCUT2D eigenvalue weighted by Crippen LogP contribution is -2.16. The van der Waals surface area contributed by atoms with Crippen LogP contribution in [0.4, 0.5) is 8.78 Å². The second kappa shape index (κ2) is 5.69. The second-order valence-corrected chi connectivity index (χ2v) is 5.94. The molecule has 0 aliphatic carbocycles. The lowest BCUT2D eigenvalue weighted by atomic mass is 9.98. The van der Waals surface area contributed by atoms with Gasteiger partial charge in [-0.1, -0.05) is 37.9 Å². The van der Waals surface area contributed by atoms with Crippen LogP contribution in [0.25, 0.3) is 0 Å². The number of halogens is 4. The average Bonchev–Trinajstić information content (AvgIpc) is 2.33. The Hall–Kier alpha value is -0.780. The SMILES string of the molecule is Cc1cc(Br)c(C(N)c2c(F)cccc2F)cc1Br. The maximum absolute atomic E-state index is 13.8. The van der Waals surface area contributed by atoms with Gasteiger partial charge in [0.25, 0.3) is 0 Å². The van der Waals surface area contributed by atoms with E-state index in [1.165, 1.54) is 18.2 Å². The molecule has 19 heavy (non-hydrogen) atoms. The van der Waals surface area contributed by atoms with Gasteiger partial charge in [-0.05, 0) is 42.3 Å². The van der Waals surface area contributed by atoms with E-state index in [0.717, 1.165) is 14.5 Å². The second-order valence-electron chi connectivity index (χ2n) is 4.24. The number of benzene rings is 2. The van der Waals surface area contributed by atoms with Crippen LogP contribution in [-0.2, 0) is 0 Å². The summed E-state index contributed by atoms with van der Waals surface area (Å²) < 4.78 is 29.1. The first-order valence-electron chi connectivity index (χ1n) is 5.57. The van der Waals surface area contributed by atoms with E-state index >= 15 is 0 Å². The Morgan fingerprint density at radius 1 is 1.05 bits per heavy atom. The molecular weight excluding hydrogens is 380 g/mol. The zero-order valence-electron chi connectivity index (χ0n) is 10.1. The predicted molar refractivity (Wildman–Crippen MR) is 79.0 cm³/mol. The maximum Gasteiger partial charge on any atom is 0.131 e. The van der Waals surface area contributed by atoms with Crippen molar-refractivity contribution in [3.05, 3.63) is 67.6 Å². The van der Waals surface area contributed by atoms with Crippen LogP contribution in [0.5, 0.6) is 0 Å². The average molecular weight is 391 g/mol. The van der Waals surface area contributed by atoms with Gasteiger partial charge in [0.1, 0.15) is 11.6 Å². The number of hydrogen-bond donors (Lipinski definition) is 1. The van der Waals surface area contributed by atoms with Crippen LogP contribution < -0.4 is 5.73 Å². The molecule has 0 heterocycles. The Morgan fingerprint density at radius 2 is 1.63 bits per heavy atom. The van der Waals surface area contributed by atoms with Crippen LogP contribution >= 0.6 is 31.9 Å². The van der Waals surface area contributed by atoms with Crippen LogP contribution in [0, 0.1) is 18.6 Å². The van der Waals surface area contributed by atoms with Crippen LogP contribution in [0.2, 0.25) is 0 Å². The molecule has 0 aliphatic rings. The van der Waals surface area contributed by atoms with Crippen LogP contribution in [-0.4, -0.2) is 0 Å². The molecule has 0 aromatic heterocycles. The molecule has 1 unspecified atom stereocenters. The van der Waals surface area contributed by atoms with Gasteiger partial charge in [0.05, 0.1) is 6.04 Å². The van der Waals surface area contributed by atoms with Gasteiger partial charge in [0, 0.05) is 14.5 Å². The van der Waals surface area contributed by atoms with Crippen molar-refractivity contribution in [1.29, 1.82) is 0 Å². The molecule has 2 N–H and O–H groups in total. The van der Waals surface area contributed by atoms with Crippen molar-refractivity contribution < 1.29 is 8.78 Å². The van der Waals surface area contributed by atoms with Gasteiger partial charge in [-0.3, -0.25) is 0 Å². The topological polar surface area (TPSA) is 26.0 Å². The van der Waals surface area contributed by atoms with Crippen LogP contribution in [0.15, 0.2) is 39.3 Å². The van der Waals surface area contributed by atoms with Gasteiger partial charge >= 0.3 is 0 Å². The molecule has 0 radical (unpaired) electrons. The molecule has 0 saturated carbocycles. The van der Waals surface area contributed by atoms with Crippen molar-refractivity contribution in [2.45, 2.75) is 13.0 Å². The van der Waals surface area contributed by atoms with Gasteiger partial charge in [-0.2, -0.15) is 0 Å². The quantitative estimate of drug-likeness (QED) is 0.779. The highest BCUT2D eigenvalue weighted by atomic mass is 79.9. The van der Waals surface area contributed by atoms with E-state index in [2.05, 4.69) is 31.9 Å². The molecule has 2 aromatic carbocycles. The Balaban J connectivity index is 2.56. The Labute approximate surface area is 127 Å². The zero-order valence-corrected chi connectivity index (χ0v) is 13.2. The summed E-state index contributed by atoms with van der Waals surface area (Å²) in [5, 5.41) is 0. The summed E-state index contributed by atoms with van der Waals surface area (Å²) in [4.78, 5) is 0. The maximum atomic E-state index is 13.8. The highest BCUT2D eigenvalue weighted by molar-refractivity contribution is 9.11. The molecule has 0 bridgehead atoms. The largest absolute Gasteiger partial charge is 0.320 e. The first-order chi connectivity index (χ1) is 8.91. The van der Waals surface area contributed by atoms with Gasteiger partial charge in [0.15, 0.2) is 0 Å². The van der Waals surface area contributed by atoms with E-state index in [1.54, 1.807) is 6.07 Å². The van der Waals surface area contributed by atoms with E-state index in [0.29, 0.717) is 5.56 Å². The summed E-state index contributed by atoms with van der Waals surface area (Å²) >= 11 is 6.78. The zero-order chi connectivity index (χ0) is 14.2. The standard InChI is InChI=1S/C14H11Br2F2N/c1-7-5-10(16)8(6-9(7)15)14(19)13-11(17)3-2-4-12(13)18/h2-6,14H,19H2,1H3. The van der Waals surface area contributed by atoms with Crippen LogP contribution in [0.3, 0.4) is 0 Å². The lowest BCUT2D eigenvalue weighted by Gasteiger charge is -2.17. The summed E-state index contributed by atoms with van der Waals surface area (Å²) in [6.07, 6.45) is 0. The summed E-state index contributed by atoms with van der Waals surface area (Å²) in [7, 11) is 0. The smallest absolute Gasteiger partial charge is 0.131 e. The monoisotopic (exact) mass is 389 g/mol. The molecule has 1 nitrogen and oxygen atoms in total. The number of aryl methyl sites for hydroxylation is 1. The van der Waals surface area contributed by atoms with Crippen LogP contribution in [0.1, 0.15) is 22.7 Å². The summed E-state index contributed by atoms with van der Waals surface area (Å²) in [5.41, 5.74) is 7.52. The minimum absolute atomic E-state index is 0.126. The summed E-state index contributed by atoms with van der Waals surface area (Å²) in [6.45, 7) is 1.92. The first kappa shape index (κ1) is 14.6. The van der Waals surface area contributed by atoms with Gasteiger partial charge in [-0.15, -0.1) is 0 Å². The minimum Gasteiger partial charge on any atom is -0.320 e. The van der Waals surface area contributed by atoms with Crippen molar-refractivity contribution in [1.82, 2.24) is 0 Å². The highest BCUT2D eigenvalue weighted by Crippen LogP contribution is 2.33. The van der Waals surface area contributed by atoms with E-state index in [4.69, 9.17) is 5.73 Å². The Bertz CT molecular complexity index is 609. The predicted octanol–water partition coefficient (Wildman–Crippen LogP) is 4.85. The van der Waals surface area contributed by atoms with E-state index in [-0.39, 0.29) is 5.56 Å². The molecule has 0 amide bonds. The lowest BCUT2D eigenvalue weighted by molar-refractivity contribution is 0.543. The molecule has 0 spiro atoms. The third-order valence-corrected chi connectivity index (χ3v) is 4.46. The Kier molecular flexibility index (Phi) is 4.38. The molecule has 2 aromatic rings. The fourth-order valence-corrected chi connectivity index (χ4v) is 2.93. The fraction of sp³-hybridized carbons (Fsp3) is 0.143. The van der Waals surface area contributed by atoms with Gasteiger partial charge in [0.2, 0.25) is 0 Å².